The van der Waals surface area contributed by atoms with Gasteiger partial charge in [0.15, 0.2) is 29.7 Å². The summed E-state index contributed by atoms with van der Waals surface area (Å²) in [5, 5.41) is 0.0190. The van der Waals surface area contributed by atoms with Crippen LogP contribution >= 0.6 is 11.8 Å². The maximum absolute atomic E-state index is 11.7. The lowest BCUT2D eigenvalue weighted by molar-refractivity contribution is -0.308. The van der Waals surface area contributed by atoms with Crippen molar-refractivity contribution >= 4 is 40.8 Å². The van der Waals surface area contributed by atoms with Crippen LogP contribution in [0.15, 0.2) is 0 Å². The average Bonchev–Trinajstić information content (AvgIpc) is 2.65. The van der Waals surface area contributed by atoms with Crippen molar-refractivity contribution in [3.8, 4) is 0 Å². The molecule has 0 aromatic carbocycles. The van der Waals surface area contributed by atoms with Gasteiger partial charge >= 0.3 is 23.9 Å². The molecule has 1 fully saturated rings. The molecule has 0 aromatic rings. The molecule has 1 saturated heterocycles. The molecule has 0 spiro atoms. The average molecular weight is 479 g/mol. The third-order valence-electron chi connectivity index (χ3n) is 4.07. The third-order valence-corrected chi connectivity index (χ3v) is 4.97. The summed E-state index contributed by atoms with van der Waals surface area (Å²) in [5.41, 5.74) is 0. The fraction of sp³-hybridized carbons (Fsp3) is 0.750. The maximum atomic E-state index is 11.7. The quantitative estimate of drug-likeness (QED) is 0.239. The van der Waals surface area contributed by atoms with Gasteiger partial charge in [-0.15, -0.1) is 0 Å². The maximum Gasteiger partial charge on any atom is 0.303 e. The fourth-order valence-electron chi connectivity index (χ4n) is 2.94. The molecule has 0 unspecified atom stereocenters. The number of carbonyl (C=O) groups is 5. The zero-order chi connectivity index (χ0) is 24.3. The Morgan fingerprint density at radius 2 is 1.31 bits per heavy atom. The molecule has 0 amide bonds. The van der Waals surface area contributed by atoms with Gasteiger partial charge in [-0.05, 0) is 12.8 Å². The normalized spacial score (nSPS) is 24.8. The topological polar surface area (TPSA) is 141 Å². The van der Waals surface area contributed by atoms with Crippen molar-refractivity contribution in [3.63, 3.8) is 0 Å². The summed E-state index contributed by atoms with van der Waals surface area (Å²) in [5.74, 6) is -2.08. The number of hydrogen-bond acceptors (Lipinski definition) is 12. The minimum atomic E-state index is -1.26. The molecule has 0 N–H and O–H groups in total. The Bertz CT molecular complexity index is 680. The molecular weight excluding hydrogens is 448 g/mol. The van der Waals surface area contributed by atoms with Crippen LogP contribution in [-0.2, 0) is 52.4 Å². The van der Waals surface area contributed by atoms with Gasteiger partial charge in [-0.25, -0.2) is 0 Å². The molecule has 0 radical (unpaired) electrons. The van der Waals surface area contributed by atoms with E-state index < -0.39 is 54.6 Å². The molecule has 5 atom stereocenters. The number of hydrogen-bond donors (Lipinski definition) is 0. The lowest BCUT2D eigenvalue weighted by Crippen LogP contribution is -2.63. The zero-order valence-electron chi connectivity index (χ0n) is 18.8. The lowest BCUT2D eigenvalue weighted by Gasteiger charge is -2.44. The molecule has 32 heavy (non-hydrogen) atoms. The van der Waals surface area contributed by atoms with Crippen molar-refractivity contribution in [3.05, 3.63) is 0 Å². The van der Waals surface area contributed by atoms with E-state index in [1.807, 2.05) is 0 Å². The lowest BCUT2D eigenvalue weighted by atomic mass is 9.98. The van der Waals surface area contributed by atoms with Gasteiger partial charge in [0.1, 0.15) is 12.7 Å². The number of unbranched alkanes of at least 4 members (excludes halogenated alkanes) is 1. The van der Waals surface area contributed by atoms with Gasteiger partial charge in [-0.1, -0.05) is 11.8 Å². The van der Waals surface area contributed by atoms with Crippen molar-refractivity contribution in [2.45, 2.75) is 78.2 Å². The zero-order valence-corrected chi connectivity index (χ0v) is 19.6. The molecular formula is C20H30O11S. The van der Waals surface area contributed by atoms with Crippen LogP contribution in [0.25, 0.3) is 0 Å². The molecule has 182 valence electrons. The van der Waals surface area contributed by atoms with Crippen LogP contribution in [0.3, 0.4) is 0 Å². The van der Waals surface area contributed by atoms with Gasteiger partial charge in [0, 0.05) is 47.0 Å². The summed E-state index contributed by atoms with van der Waals surface area (Å²) >= 11 is 1.20. The van der Waals surface area contributed by atoms with E-state index in [4.69, 9.17) is 28.4 Å². The van der Waals surface area contributed by atoms with Crippen LogP contribution in [-0.4, -0.2) is 78.7 Å². The van der Waals surface area contributed by atoms with Gasteiger partial charge in [0.25, 0.3) is 0 Å². The first kappa shape index (κ1) is 27.9. The third kappa shape index (κ3) is 10.4. The molecule has 1 aliphatic rings. The van der Waals surface area contributed by atoms with Crippen molar-refractivity contribution < 1.29 is 52.4 Å². The Morgan fingerprint density at radius 3 is 1.84 bits per heavy atom. The van der Waals surface area contributed by atoms with Gasteiger partial charge < -0.3 is 28.4 Å². The summed E-state index contributed by atoms with van der Waals surface area (Å²) < 4.78 is 32.4. The number of rotatable bonds is 11. The van der Waals surface area contributed by atoms with Gasteiger partial charge in [0.2, 0.25) is 0 Å². The second-order valence-electron chi connectivity index (χ2n) is 6.99. The SMILES string of the molecule is CC(=O)OC[C@H]1O[C@H](OCCCCSC(C)=O)[C@H](OC(C)=O)[C@@H](OC(C)=O)[C@@H]1OC(C)=O. The van der Waals surface area contributed by atoms with Crippen LogP contribution in [0, 0.1) is 0 Å². The Balaban J connectivity index is 3.05. The first-order valence-electron chi connectivity index (χ1n) is 10.1. The molecule has 0 aliphatic carbocycles. The highest BCUT2D eigenvalue weighted by Crippen LogP contribution is 2.30. The smallest absolute Gasteiger partial charge is 0.303 e. The summed E-state index contributed by atoms with van der Waals surface area (Å²) in [4.78, 5) is 57.4. The van der Waals surface area contributed by atoms with Crippen LogP contribution in [0.2, 0.25) is 0 Å². The molecule has 1 heterocycles. The summed E-state index contributed by atoms with van der Waals surface area (Å²) in [7, 11) is 0. The highest BCUT2D eigenvalue weighted by Gasteiger charge is 2.52. The minimum absolute atomic E-state index is 0.0190. The van der Waals surface area contributed by atoms with E-state index in [1.165, 1.54) is 25.6 Å². The van der Waals surface area contributed by atoms with E-state index in [-0.39, 0.29) is 18.3 Å². The summed E-state index contributed by atoms with van der Waals surface area (Å²) in [6, 6.07) is 0. The van der Waals surface area contributed by atoms with E-state index in [9.17, 15) is 24.0 Å². The Labute approximate surface area is 190 Å². The number of thioether (sulfide) groups is 1. The predicted octanol–water partition coefficient (Wildman–Crippen LogP) is 1.15. The second kappa shape index (κ2) is 14.1. The van der Waals surface area contributed by atoms with Gasteiger partial charge in [-0.3, -0.25) is 24.0 Å². The van der Waals surface area contributed by atoms with Gasteiger partial charge in [0.05, 0.1) is 0 Å². The van der Waals surface area contributed by atoms with Crippen molar-refractivity contribution in [1.29, 1.82) is 0 Å². The standard InChI is InChI=1S/C20H30O11S/c1-11(21)27-10-16-17(28-12(2)22)18(29-13(3)23)19(30-14(4)24)20(31-16)26-8-6-7-9-32-15(5)25/h16-20H,6-10H2,1-5H3/t16-,17-,18+,19-,20+/m1/s1. The van der Waals surface area contributed by atoms with Crippen molar-refractivity contribution in [1.82, 2.24) is 0 Å². The number of esters is 4. The van der Waals surface area contributed by atoms with Crippen LogP contribution in [0.1, 0.15) is 47.5 Å². The molecule has 0 bridgehead atoms. The number of ether oxygens (including phenoxy) is 6. The molecule has 0 aromatic heterocycles. The second-order valence-corrected chi connectivity index (χ2v) is 8.26. The Morgan fingerprint density at radius 1 is 0.750 bits per heavy atom. The number of carbonyl (C=O) groups excluding carboxylic acids is 5. The van der Waals surface area contributed by atoms with E-state index in [1.54, 1.807) is 0 Å². The Hall–Kier alpha value is -2.18. The van der Waals surface area contributed by atoms with Crippen LogP contribution in [0.4, 0.5) is 0 Å². The highest BCUT2D eigenvalue weighted by atomic mass is 32.2. The molecule has 1 aliphatic heterocycles. The summed E-state index contributed by atoms with van der Waals surface area (Å²) in [6.07, 6.45) is -4.67. The highest BCUT2D eigenvalue weighted by molar-refractivity contribution is 8.13. The van der Waals surface area contributed by atoms with E-state index in [0.29, 0.717) is 18.6 Å². The summed E-state index contributed by atoms with van der Waals surface area (Å²) in [6.45, 7) is 6.01. The minimum Gasteiger partial charge on any atom is -0.463 e. The Kier molecular flexibility index (Phi) is 12.2. The molecule has 11 nitrogen and oxygen atoms in total. The monoisotopic (exact) mass is 478 g/mol. The largest absolute Gasteiger partial charge is 0.463 e. The first-order chi connectivity index (χ1) is 15.0. The van der Waals surface area contributed by atoms with Gasteiger partial charge in [-0.2, -0.15) is 0 Å². The van der Waals surface area contributed by atoms with E-state index in [2.05, 4.69) is 0 Å². The van der Waals surface area contributed by atoms with E-state index in [0.717, 1.165) is 20.8 Å². The van der Waals surface area contributed by atoms with Crippen molar-refractivity contribution in [2.24, 2.45) is 0 Å². The molecule has 0 saturated carbocycles. The first-order valence-corrected chi connectivity index (χ1v) is 11.0. The molecule has 12 heteroatoms. The molecule has 1 rings (SSSR count). The van der Waals surface area contributed by atoms with Crippen LogP contribution < -0.4 is 0 Å². The van der Waals surface area contributed by atoms with E-state index >= 15 is 0 Å². The van der Waals surface area contributed by atoms with Crippen molar-refractivity contribution in [2.75, 3.05) is 19.0 Å². The fourth-order valence-corrected chi connectivity index (χ4v) is 3.58. The van der Waals surface area contributed by atoms with Crippen LogP contribution in [0.5, 0.6) is 0 Å². The predicted molar refractivity (Wildman–Crippen MR) is 110 cm³/mol.